The maximum atomic E-state index is 12.0. The van der Waals surface area contributed by atoms with Gasteiger partial charge in [0, 0.05) is 0 Å². The van der Waals surface area contributed by atoms with Crippen LogP contribution in [0.1, 0.15) is 18.4 Å². The van der Waals surface area contributed by atoms with Gasteiger partial charge in [0.15, 0.2) is 4.34 Å². The number of amides is 1. The number of hydrogen-bond acceptors (Lipinski definition) is 7. The first-order valence-corrected chi connectivity index (χ1v) is 11.7. The Balaban J connectivity index is 1.57. The molecule has 10 heteroatoms. The fourth-order valence-corrected chi connectivity index (χ4v) is 4.79. The van der Waals surface area contributed by atoms with Gasteiger partial charge in [0.25, 0.3) is 0 Å². The van der Waals surface area contributed by atoms with Gasteiger partial charge in [-0.3, -0.25) is 9.52 Å². The minimum atomic E-state index is -3.32. The number of thiazole rings is 1. The molecule has 0 aliphatic carbocycles. The molecular formula is C17H19N3O4S3. The average Bonchev–Trinajstić information content (AvgIpc) is 3.23. The number of rotatable bonds is 8. The standard InChI is InChI=1S/C17H19N3O4S3/c1-3-27(22,23)20-12-5-7-14-15(8-12)26-17(19-14)25-10-16(21)18-9-13-6-4-11(2)24-13/h4-8,20H,3,9-10H2,1-2H3,(H,18,21). The summed E-state index contributed by atoms with van der Waals surface area (Å²) in [4.78, 5) is 16.5. The van der Waals surface area contributed by atoms with Crippen molar-refractivity contribution in [2.45, 2.75) is 24.7 Å². The van der Waals surface area contributed by atoms with E-state index in [2.05, 4.69) is 15.0 Å². The Bertz CT molecular complexity index is 1060. The third kappa shape index (κ3) is 5.47. The number of hydrogen-bond donors (Lipinski definition) is 2. The summed E-state index contributed by atoms with van der Waals surface area (Å²) in [6, 6.07) is 8.89. The van der Waals surface area contributed by atoms with Crippen LogP contribution in [0, 0.1) is 6.92 Å². The van der Waals surface area contributed by atoms with Gasteiger partial charge in [-0.1, -0.05) is 11.8 Å². The Hall–Kier alpha value is -2.04. The topological polar surface area (TPSA) is 101 Å². The lowest BCUT2D eigenvalue weighted by Crippen LogP contribution is -2.24. The van der Waals surface area contributed by atoms with Crippen LogP contribution in [0.5, 0.6) is 0 Å². The monoisotopic (exact) mass is 425 g/mol. The number of furan rings is 1. The third-order valence-corrected chi connectivity index (χ3v) is 7.07. The molecule has 27 heavy (non-hydrogen) atoms. The van der Waals surface area contributed by atoms with Crippen molar-refractivity contribution in [2.75, 3.05) is 16.2 Å². The maximum Gasteiger partial charge on any atom is 0.232 e. The number of anilines is 1. The van der Waals surface area contributed by atoms with Gasteiger partial charge < -0.3 is 9.73 Å². The number of carbonyl (C=O) groups is 1. The van der Waals surface area contributed by atoms with Crippen LogP contribution in [-0.4, -0.2) is 30.8 Å². The highest BCUT2D eigenvalue weighted by molar-refractivity contribution is 8.01. The number of aromatic nitrogens is 1. The average molecular weight is 426 g/mol. The van der Waals surface area contributed by atoms with Crippen LogP contribution in [0.25, 0.3) is 10.2 Å². The first kappa shape index (κ1) is 19.7. The Morgan fingerprint density at radius 3 is 2.81 bits per heavy atom. The molecule has 2 N–H and O–H groups in total. The van der Waals surface area contributed by atoms with Crippen LogP contribution in [0.3, 0.4) is 0 Å². The molecule has 2 aromatic heterocycles. The quantitative estimate of drug-likeness (QED) is 0.537. The summed E-state index contributed by atoms with van der Waals surface area (Å²) < 4.78 is 32.9. The molecule has 0 aliphatic heterocycles. The Labute approximate surface area is 165 Å². The molecule has 1 amide bonds. The van der Waals surface area contributed by atoms with Crippen molar-refractivity contribution in [1.29, 1.82) is 0 Å². The van der Waals surface area contributed by atoms with Gasteiger partial charge >= 0.3 is 0 Å². The zero-order chi connectivity index (χ0) is 19.4. The molecule has 1 aromatic carbocycles. The molecule has 0 radical (unpaired) electrons. The van der Waals surface area contributed by atoms with Crippen LogP contribution in [0.2, 0.25) is 0 Å². The number of carbonyl (C=O) groups excluding carboxylic acids is 1. The van der Waals surface area contributed by atoms with Crippen LogP contribution in [0.15, 0.2) is 39.1 Å². The highest BCUT2D eigenvalue weighted by atomic mass is 32.2. The number of nitrogens with zero attached hydrogens (tertiary/aromatic N) is 1. The lowest BCUT2D eigenvalue weighted by Gasteiger charge is -2.04. The summed E-state index contributed by atoms with van der Waals surface area (Å²) in [6.45, 7) is 3.79. The van der Waals surface area contributed by atoms with Crippen molar-refractivity contribution >= 4 is 54.9 Å². The number of sulfonamides is 1. The molecule has 0 spiro atoms. The Morgan fingerprint density at radius 1 is 1.30 bits per heavy atom. The highest BCUT2D eigenvalue weighted by Crippen LogP contribution is 2.31. The summed E-state index contributed by atoms with van der Waals surface area (Å²) in [5.41, 5.74) is 1.28. The second-order valence-electron chi connectivity index (χ2n) is 5.75. The van der Waals surface area contributed by atoms with Crippen molar-refractivity contribution in [2.24, 2.45) is 0 Å². The lowest BCUT2D eigenvalue weighted by molar-refractivity contribution is -0.118. The van der Waals surface area contributed by atoms with Crippen molar-refractivity contribution in [1.82, 2.24) is 10.3 Å². The van der Waals surface area contributed by atoms with Gasteiger partial charge in [0.1, 0.15) is 11.5 Å². The third-order valence-electron chi connectivity index (χ3n) is 3.60. The first-order chi connectivity index (χ1) is 12.8. The van der Waals surface area contributed by atoms with Gasteiger partial charge in [0.2, 0.25) is 15.9 Å². The first-order valence-electron chi connectivity index (χ1n) is 8.20. The summed E-state index contributed by atoms with van der Waals surface area (Å²) in [6.07, 6.45) is 0. The minimum absolute atomic E-state index is 0.0154. The molecule has 0 saturated heterocycles. The fourth-order valence-electron chi connectivity index (χ4n) is 2.22. The van der Waals surface area contributed by atoms with E-state index in [0.717, 1.165) is 20.3 Å². The molecule has 0 atom stereocenters. The number of nitrogens with one attached hydrogen (secondary N) is 2. The highest BCUT2D eigenvalue weighted by Gasteiger charge is 2.11. The van der Waals surface area contributed by atoms with Crippen LogP contribution in [-0.2, 0) is 21.4 Å². The van der Waals surface area contributed by atoms with E-state index >= 15 is 0 Å². The molecular weight excluding hydrogens is 406 g/mol. The number of benzene rings is 1. The minimum Gasteiger partial charge on any atom is -0.465 e. The zero-order valence-corrected chi connectivity index (χ0v) is 17.3. The van der Waals surface area contributed by atoms with Gasteiger partial charge in [-0.15, -0.1) is 11.3 Å². The van der Waals surface area contributed by atoms with Crippen molar-refractivity contribution < 1.29 is 17.6 Å². The predicted octanol–water partition coefficient (Wildman–Crippen LogP) is 3.37. The molecule has 144 valence electrons. The van der Waals surface area contributed by atoms with Crippen LogP contribution < -0.4 is 10.0 Å². The molecule has 3 aromatic rings. The summed E-state index contributed by atoms with van der Waals surface area (Å²) in [7, 11) is -3.32. The summed E-state index contributed by atoms with van der Waals surface area (Å²) in [5.74, 6) is 1.68. The number of fused-ring (bicyclic) bond motifs is 1. The van der Waals surface area contributed by atoms with Gasteiger partial charge in [0.05, 0.1) is 34.0 Å². The normalized spacial score (nSPS) is 11.6. The number of aryl methyl sites for hydroxylation is 1. The molecule has 2 heterocycles. The van der Waals surface area contributed by atoms with Crippen molar-refractivity contribution in [3.8, 4) is 0 Å². The van der Waals surface area contributed by atoms with Crippen molar-refractivity contribution in [3.05, 3.63) is 41.9 Å². The van der Waals surface area contributed by atoms with E-state index in [4.69, 9.17) is 4.42 Å². The smallest absolute Gasteiger partial charge is 0.232 e. The van der Waals surface area contributed by atoms with Crippen LogP contribution >= 0.6 is 23.1 Å². The molecule has 0 aliphatic rings. The van der Waals surface area contributed by atoms with E-state index in [-0.39, 0.29) is 17.4 Å². The summed E-state index contributed by atoms with van der Waals surface area (Å²) >= 11 is 2.77. The Kier molecular flexibility index (Phi) is 6.08. The largest absolute Gasteiger partial charge is 0.465 e. The second-order valence-corrected chi connectivity index (χ2v) is 10.0. The molecule has 0 bridgehead atoms. The van der Waals surface area contributed by atoms with E-state index in [0.29, 0.717) is 18.0 Å². The number of thioether (sulfide) groups is 1. The van der Waals surface area contributed by atoms with Crippen molar-refractivity contribution in [3.63, 3.8) is 0 Å². The van der Waals surface area contributed by atoms with E-state index in [1.807, 2.05) is 19.1 Å². The van der Waals surface area contributed by atoms with E-state index < -0.39 is 10.0 Å². The molecule has 0 saturated carbocycles. The lowest BCUT2D eigenvalue weighted by atomic mass is 10.3. The van der Waals surface area contributed by atoms with Gasteiger partial charge in [-0.05, 0) is 44.2 Å². The second kappa shape index (κ2) is 8.32. The van der Waals surface area contributed by atoms with Gasteiger partial charge in [-0.25, -0.2) is 13.4 Å². The molecule has 0 unspecified atom stereocenters. The summed E-state index contributed by atoms with van der Waals surface area (Å²) in [5, 5.41) is 2.80. The van der Waals surface area contributed by atoms with E-state index in [1.165, 1.54) is 23.1 Å². The van der Waals surface area contributed by atoms with Gasteiger partial charge in [-0.2, -0.15) is 0 Å². The van der Waals surface area contributed by atoms with E-state index in [1.54, 1.807) is 25.1 Å². The zero-order valence-electron chi connectivity index (χ0n) is 14.8. The molecule has 7 nitrogen and oxygen atoms in total. The maximum absolute atomic E-state index is 12.0. The van der Waals surface area contributed by atoms with E-state index in [9.17, 15) is 13.2 Å². The van der Waals surface area contributed by atoms with Crippen LogP contribution in [0.4, 0.5) is 5.69 Å². The molecule has 0 fully saturated rings. The SMILES string of the molecule is CCS(=O)(=O)Nc1ccc2nc(SCC(=O)NCc3ccc(C)o3)sc2c1. The predicted molar refractivity (Wildman–Crippen MR) is 109 cm³/mol. The molecule has 3 rings (SSSR count). The fraction of sp³-hybridized carbons (Fsp3) is 0.294. The Morgan fingerprint density at radius 2 is 2.11 bits per heavy atom.